The maximum atomic E-state index is 13.1. The summed E-state index contributed by atoms with van der Waals surface area (Å²) in [5.41, 5.74) is 0.767. The largest absolute Gasteiger partial charge is 0.337 e. The van der Waals surface area contributed by atoms with E-state index in [-0.39, 0.29) is 17.6 Å². The highest BCUT2D eigenvalue weighted by Crippen LogP contribution is 2.23. The second-order valence-corrected chi connectivity index (χ2v) is 7.04. The molecule has 3 amide bonds. The number of carbonyl (C=O) groups excluding carboxylic acids is 2. The van der Waals surface area contributed by atoms with Crippen LogP contribution in [-0.4, -0.2) is 25.0 Å². The van der Waals surface area contributed by atoms with Gasteiger partial charge in [0.05, 0.1) is 6.54 Å². The van der Waals surface area contributed by atoms with Crippen molar-refractivity contribution in [2.24, 2.45) is 0 Å². The van der Waals surface area contributed by atoms with E-state index in [1.165, 1.54) is 6.07 Å². The highest BCUT2D eigenvalue weighted by Gasteiger charge is 2.21. The van der Waals surface area contributed by atoms with Crippen molar-refractivity contribution in [3.8, 4) is 0 Å². The Morgan fingerprint density at radius 3 is 2.30 bits per heavy atom. The molecule has 8 heteroatoms. The summed E-state index contributed by atoms with van der Waals surface area (Å²) in [6.07, 6.45) is 0. The number of carbonyl (C=O) groups is 2. The maximum absolute atomic E-state index is 13.1. The standard InChI is InChI=1S/C19H20ClF2N3O2/c1-19(2,12-3-5-13(20)6-4-12)11-24-18(27)23-10-17(26)25-14-7-8-15(21)16(22)9-14/h3-9H,10-11H2,1-2H3,(H,25,26)(H2,23,24,27). The van der Waals surface area contributed by atoms with Crippen LogP contribution in [0.15, 0.2) is 42.5 Å². The van der Waals surface area contributed by atoms with Crippen molar-refractivity contribution in [3.63, 3.8) is 0 Å². The van der Waals surface area contributed by atoms with E-state index >= 15 is 0 Å². The van der Waals surface area contributed by atoms with Crippen molar-refractivity contribution < 1.29 is 18.4 Å². The van der Waals surface area contributed by atoms with Gasteiger partial charge in [-0.3, -0.25) is 4.79 Å². The Balaban J connectivity index is 1.79. The second-order valence-electron chi connectivity index (χ2n) is 6.60. The average molecular weight is 396 g/mol. The number of halogens is 3. The molecule has 27 heavy (non-hydrogen) atoms. The fourth-order valence-corrected chi connectivity index (χ4v) is 2.43. The minimum atomic E-state index is -1.07. The van der Waals surface area contributed by atoms with Gasteiger partial charge in [-0.2, -0.15) is 0 Å². The first-order valence-electron chi connectivity index (χ1n) is 8.20. The summed E-state index contributed by atoms with van der Waals surface area (Å²) in [6, 6.07) is 9.81. The average Bonchev–Trinajstić information content (AvgIpc) is 2.62. The lowest BCUT2D eigenvalue weighted by atomic mass is 9.85. The molecule has 0 aliphatic heterocycles. The number of hydrogen-bond donors (Lipinski definition) is 3. The first-order chi connectivity index (χ1) is 12.7. The van der Waals surface area contributed by atoms with Gasteiger partial charge in [0.1, 0.15) is 0 Å². The summed E-state index contributed by atoms with van der Waals surface area (Å²) < 4.78 is 26.0. The zero-order chi connectivity index (χ0) is 20.0. The lowest BCUT2D eigenvalue weighted by Crippen LogP contribution is -2.44. The van der Waals surface area contributed by atoms with Crippen molar-refractivity contribution >= 4 is 29.2 Å². The zero-order valence-electron chi connectivity index (χ0n) is 14.9. The molecule has 144 valence electrons. The van der Waals surface area contributed by atoms with Crippen LogP contribution in [0, 0.1) is 11.6 Å². The minimum Gasteiger partial charge on any atom is -0.337 e. The van der Waals surface area contributed by atoms with E-state index in [0.717, 1.165) is 17.7 Å². The second kappa shape index (κ2) is 8.81. The molecule has 0 unspecified atom stereocenters. The summed E-state index contributed by atoms with van der Waals surface area (Å²) in [5, 5.41) is 8.11. The van der Waals surface area contributed by atoms with Crippen LogP contribution < -0.4 is 16.0 Å². The molecule has 0 saturated heterocycles. The van der Waals surface area contributed by atoms with Crippen LogP contribution in [0.25, 0.3) is 0 Å². The lowest BCUT2D eigenvalue weighted by molar-refractivity contribution is -0.115. The molecule has 5 nitrogen and oxygen atoms in total. The third-order valence-corrected chi connectivity index (χ3v) is 4.18. The summed E-state index contributed by atoms with van der Waals surface area (Å²) in [6.45, 7) is 3.95. The first kappa shape index (κ1) is 20.6. The van der Waals surface area contributed by atoms with Crippen molar-refractivity contribution in [3.05, 3.63) is 64.7 Å². The highest BCUT2D eigenvalue weighted by atomic mass is 35.5. The Morgan fingerprint density at radius 2 is 1.67 bits per heavy atom. The number of amides is 3. The number of rotatable bonds is 6. The van der Waals surface area contributed by atoms with Gasteiger partial charge in [0, 0.05) is 28.7 Å². The van der Waals surface area contributed by atoms with E-state index in [0.29, 0.717) is 11.6 Å². The molecule has 0 aliphatic rings. The van der Waals surface area contributed by atoms with E-state index in [4.69, 9.17) is 11.6 Å². The van der Waals surface area contributed by atoms with Crippen LogP contribution in [-0.2, 0) is 10.2 Å². The van der Waals surface area contributed by atoms with Gasteiger partial charge in [0.25, 0.3) is 0 Å². The molecule has 0 spiro atoms. The number of urea groups is 1. The fourth-order valence-electron chi connectivity index (χ4n) is 2.31. The zero-order valence-corrected chi connectivity index (χ0v) is 15.7. The molecule has 3 N–H and O–H groups in total. The van der Waals surface area contributed by atoms with Gasteiger partial charge in [0.15, 0.2) is 11.6 Å². The minimum absolute atomic E-state index is 0.102. The van der Waals surface area contributed by atoms with Crippen molar-refractivity contribution in [2.75, 3.05) is 18.4 Å². The molecule has 0 bridgehead atoms. The number of benzene rings is 2. The van der Waals surface area contributed by atoms with Gasteiger partial charge in [-0.05, 0) is 29.8 Å². The van der Waals surface area contributed by atoms with Gasteiger partial charge in [-0.15, -0.1) is 0 Å². The van der Waals surface area contributed by atoms with Crippen molar-refractivity contribution in [2.45, 2.75) is 19.3 Å². The summed E-state index contributed by atoms with van der Waals surface area (Å²) >= 11 is 5.88. The molecule has 0 radical (unpaired) electrons. The molecule has 0 aromatic heterocycles. The number of hydrogen-bond acceptors (Lipinski definition) is 2. The van der Waals surface area contributed by atoms with E-state index in [1.807, 2.05) is 26.0 Å². The quantitative estimate of drug-likeness (QED) is 0.695. The molecule has 2 aromatic carbocycles. The van der Waals surface area contributed by atoms with Crippen LogP contribution in [0.3, 0.4) is 0 Å². The Labute approximate surface area is 161 Å². The molecule has 0 heterocycles. The van der Waals surface area contributed by atoms with Gasteiger partial charge >= 0.3 is 6.03 Å². The van der Waals surface area contributed by atoms with Gasteiger partial charge < -0.3 is 16.0 Å². The molecule has 0 aliphatic carbocycles. The Bertz CT molecular complexity index is 826. The van der Waals surface area contributed by atoms with E-state index in [2.05, 4.69) is 16.0 Å². The van der Waals surface area contributed by atoms with Crippen LogP contribution in [0.2, 0.25) is 5.02 Å². The Morgan fingerprint density at radius 1 is 1.00 bits per heavy atom. The smallest absolute Gasteiger partial charge is 0.315 e. The van der Waals surface area contributed by atoms with Gasteiger partial charge in [-0.25, -0.2) is 13.6 Å². The van der Waals surface area contributed by atoms with Crippen molar-refractivity contribution in [1.82, 2.24) is 10.6 Å². The predicted molar refractivity (Wildman–Crippen MR) is 101 cm³/mol. The third kappa shape index (κ3) is 6.21. The molecule has 0 fully saturated rings. The topological polar surface area (TPSA) is 70.2 Å². The van der Waals surface area contributed by atoms with E-state index in [9.17, 15) is 18.4 Å². The molecule has 2 rings (SSSR count). The van der Waals surface area contributed by atoms with Crippen LogP contribution >= 0.6 is 11.6 Å². The van der Waals surface area contributed by atoms with E-state index in [1.54, 1.807) is 12.1 Å². The van der Waals surface area contributed by atoms with Gasteiger partial charge in [-0.1, -0.05) is 37.6 Å². The first-order valence-corrected chi connectivity index (χ1v) is 8.58. The monoisotopic (exact) mass is 395 g/mol. The van der Waals surface area contributed by atoms with Crippen LogP contribution in [0.4, 0.5) is 19.3 Å². The van der Waals surface area contributed by atoms with Gasteiger partial charge in [0.2, 0.25) is 5.91 Å². The molecule has 2 aromatic rings. The predicted octanol–water partition coefficient (Wildman–Crippen LogP) is 3.83. The van der Waals surface area contributed by atoms with Crippen molar-refractivity contribution in [1.29, 1.82) is 0 Å². The summed E-state index contributed by atoms with van der Waals surface area (Å²) in [4.78, 5) is 23.7. The molecule has 0 saturated carbocycles. The Hall–Kier alpha value is -2.67. The number of nitrogens with one attached hydrogen (secondary N) is 3. The fraction of sp³-hybridized carbons (Fsp3) is 0.263. The molecular formula is C19H20ClF2N3O2. The SMILES string of the molecule is CC(C)(CNC(=O)NCC(=O)Nc1ccc(F)c(F)c1)c1ccc(Cl)cc1. The van der Waals surface area contributed by atoms with Crippen LogP contribution in [0.1, 0.15) is 19.4 Å². The summed E-state index contributed by atoms with van der Waals surface area (Å²) in [5.74, 6) is -2.63. The molecule has 0 atom stereocenters. The van der Waals surface area contributed by atoms with E-state index < -0.39 is 23.6 Å². The maximum Gasteiger partial charge on any atom is 0.315 e. The third-order valence-electron chi connectivity index (χ3n) is 3.93. The summed E-state index contributed by atoms with van der Waals surface area (Å²) in [7, 11) is 0. The molecular weight excluding hydrogens is 376 g/mol. The van der Waals surface area contributed by atoms with Crippen LogP contribution in [0.5, 0.6) is 0 Å². The lowest BCUT2D eigenvalue weighted by Gasteiger charge is -2.25. The normalized spacial score (nSPS) is 11.0. The Kier molecular flexibility index (Phi) is 6.74. The number of anilines is 1. The highest BCUT2D eigenvalue weighted by molar-refractivity contribution is 6.30.